The van der Waals surface area contributed by atoms with Gasteiger partial charge in [0.15, 0.2) is 0 Å². The molecule has 0 radical (unpaired) electrons. The van der Waals surface area contributed by atoms with Gasteiger partial charge in [-0.1, -0.05) is 11.3 Å². The molecule has 1 saturated heterocycles. The molecular weight excluding hydrogens is 471 g/mol. The van der Waals surface area contributed by atoms with E-state index in [0.717, 1.165) is 32.0 Å². The summed E-state index contributed by atoms with van der Waals surface area (Å²) in [5.74, 6) is -0.480. The second-order valence-electron chi connectivity index (χ2n) is 9.14. The molecule has 1 aliphatic rings. The first-order valence-electron chi connectivity index (χ1n) is 10.8. The van der Waals surface area contributed by atoms with Gasteiger partial charge in [0.1, 0.15) is 16.4 Å². The maximum Gasteiger partial charge on any atom is 0.419 e. The molecule has 4 N–H and O–H groups in total. The number of anilines is 1. The zero-order valence-electron chi connectivity index (χ0n) is 18.9. The minimum absolute atomic E-state index is 0.114. The Morgan fingerprint density at radius 2 is 1.97 bits per heavy atom. The molecule has 1 aliphatic heterocycles. The Bertz CT molecular complexity index is 1180. The maximum atomic E-state index is 13.3. The number of piperidine rings is 1. The van der Waals surface area contributed by atoms with Crippen molar-refractivity contribution in [3.8, 4) is 11.3 Å². The number of ether oxygens (including phenoxy) is 1. The molecule has 184 valence electrons. The number of fused-ring (bicyclic) bond motifs is 1. The van der Waals surface area contributed by atoms with E-state index in [1.807, 2.05) is 0 Å². The lowest BCUT2D eigenvalue weighted by Gasteiger charge is -2.30. The van der Waals surface area contributed by atoms with E-state index in [0.29, 0.717) is 15.7 Å². The summed E-state index contributed by atoms with van der Waals surface area (Å²) in [5.41, 5.74) is 4.28. The average Bonchev–Trinajstić information content (AvgIpc) is 3.32. The first-order valence-corrected chi connectivity index (χ1v) is 11.6. The summed E-state index contributed by atoms with van der Waals surface area (Å²) in [6.45, 7) is 6.97. The number of carbonyl (C=O) groups excluding carboxylic acids is 1. The highest BCUT2D eigenvalue weighted by Gasteiger charge is 2.35. The minimum atomic E-state index is -4.64. The van der Waals surface area contributed by atoms with Crippen LogP contribution in [0.3, 0.4) is 0 Å². The highest BCUT2D eigenvalue weighted by molar-refractivity contribution is 7.16. The Kier molecular flexibility index (Phi) is 6.42. The maximum absolute atomic E-state index is 13.3. The fourth-order valence-corrected chi connectivity index (χ4v) is 4.88. The lowest BCUT2D eigenvalue weighted by atomic mass is 9.90. The molecule has 0 aliphatic carbocycles. The summed E-state index contributed by atoms with van der Waals surface area (Å²) in [6, 6.07) is 0.514. The number of nitrogen functional groups attached to an aromatic ring is 1. The van der Waals surface area contributed by atoms with E-state index >= 15 is 0 Å². The zero-order chi connectivity index (χ0) is 24.7. The van der Waals surface area contributed by atoms with E-state index in [9.17, 15) is 18.0 Å². The van der Waals surface area contributed by atoms with Crippen LogP contribution < -0.4 is 16.4 Å². The minimum Gasteiger partial charge on any atom is -0.444 e. The molecule has 1 amide bonds. The number of nitrogens with two attached hydrogens (primary N) is 1. The number of alkyl halides is 3. The van der Waals surface area contributed by atoms with E-state index in [4.69, 9.17) is 10.5 Å². The summed E-state index contributed by atoms with van der Waals surface area (Å²) >= 11 is 1.27. The molecule has 3 aromatic rings. The Hall–Kier alpha value is -2.93. The van der Waals surface area contributed by atoms with Gasteiger partial charge in [-0.15, -0.1) is 0 Å². The van der Waals surface area contributed by atoms with E-state index in [-0.39, 0.29) is 11.5 Å². The van der Waals surface area contributed by atoms with Crippen molar-refractivity contribution in [3.63, 3.8) is 0 Å². The topological polar surface area (TPSA) is 119 Å². The van der Waals surface area contributed by atoms with Crippen molar-refractivity contribution >= 4 is 28.2 Å². The second kappa shape index (κ2) is 9.02. The SMILES string of the molecule is CC(C)(C)OC(=O)NC(c1nn2c(-c3cnc(N)c(C(F)(F)F)c3)cnc2s1)C1CCNCC1. The van der Waals surface area contributed by atoms with Gasteiger partial charge in [0.2, 0.25) is 4.96 Å². The van der Waals surface area contributed by atoms with Crippen LogP contribution in [0.2, 0.25) is 0 Å². The Morgan fingerprint density at radius 1 is 1.26 bits per heavy atom. The first kappa shape index (κ1) is 24.2. The van der Waals surface area contributed by atoms with E-state index in [2.05, 4.69) is 25.7 Å². The molecule has 1 fully saturated rings. The summed E-state index contributed by atoms with van der Waals surface area (Å²) in [5, 5.41) is 11.5. The van der Waals surface area contributed by atoms with Gasteiger partial charge in [0.05, 0.1) is 23.5 Å². The number of carbonyl (C=O) groups is 1. The van der Waals surface area contributed by atoms with E-state index in [1.165, 1.54) is 28.2 Å². The van der Waals surface area contributed by atoms with Crippen molar-refractivity contribution in [3.05, 3.63) is 29.0 Å². The van der Waals surface area contributed by atoms with Crippen molar-refractivity contribution in [2.24, 2.45) is 5.92 Å². The van der Waals surface area contributed by atoms with Crippen molar-refractivity contribution in [1.82, 2.24) is 30.2 Å². The molecule has 0 saturated carbocycles. The number of nitrogens with zero attached hydrogens (tertiary/aromatic N) is 4. The van der Waals surface area contributed by atoms with Gasteiger partial charge in [0.25, 0.3) is 0 Å². The van der Waals surface area contributed by atoms with Crippen molar-refractivity contribution in [2.45, 2.75) is 51.4 Å². The van der Waals surface area contributed by atoms with Crippen molar-refractivity contribution < 1.29 is 22.7 Å². The van der Waals surface area contributed by atoms with Crippen LogP contribution in [0.5, 0.6) is 0 Å². The molecule has 0 bridgehead atoms. The van der Waals surface area contributed by atoms with Gasteiger partial charge >= 0.3 is 12.3 Å². The first-order chi connectivity index (χ1) is 15.9. The van der Waals surface area contributed by atoms with Gasteiger partial charge in [-0.3, -0.25) is 0 Å². The molecule has 1 unspecified atom stereocenters. The average molecular weight is 498 g/mol. The number of rotatable bonds is 4. The number of hydrogen-bond donors (Lipinski definition) is 3. The van der Waals surface area contributed by atoms with Crippen LogP contribution >= 0.6 is 11.3 Å². The molecule has 34 heavy (non-hydrogen) atoms. The molecule has 4 rings (SSSR count). The fourth-order valence-electron chi connectivity index (χ4n) is 3.87. The van der Waals surface area contributed by atoms with Gasteiger partial charge in [0, 0.05) is 11.8 Å². The molecule has 9 nitrogen and oxygen atoms in total. The molecule has 0 aromatic carbocycles. The highest BCUT2D eigenvalue weighted by Crippen LogP contribution is 2.37. The third-order valence-electron chi connectivity index (χ3n) is 5.41. The summed E-state index contributed by atoms with van der Waals surface area (Å²) in [4.78, 5) is 21.1. The van der Waals surface area contributed by atoms with Crippen LogP contribution in [-0.2, 0) is 10.9 Å². The Morgan fingerprint density at radius 3 is 2.62 bits per heavy atom. The second-order valence-corrected chi connectivity index (χ2v) is 10.1. The predicted molar refractivity (Wildman–Crippen MR) is 121 cm³/mol. The van der Waals surface area contributed by atoms with Crippen molar-refractivity contribution in [2.75, 3.05) is 18.8 Å². The van der Waals surface area contributed by atoms with Crippen molar-refractivity contribution in [1.29, 1.82) is 0 Å². The quantitative estimate of drug-likeness (QED) is 0.498. The molecule has 1 atom stereocenters. The van der Waals surface area contributed by atoms with E-state index < -0.39 is 35.3 Å². The number of pyridine rings is 1. The number of halogens is 3. The standard InChI is InChI=1S/C21H26F3N7O2S/c1-20(2,3)33-19(32)29-15(11-4-6-26-7-5-11)17-30-31-14(10-28-18(31)34-17)12-8-13(21(22,23)24)16(25)27-9-12/h8-11,15,26H,4-7H2,1-3H3,(H2,25,27)(H,29,32). The lowest BCUT2D eigenvalue weighted by Crippen LogP contribution is -2.41. The molecule has 0 spiro atoms. The summed E-state index contributed by atoms with van der Waals surface area (Å²) in [6.07, 6.45) is -0.839. The number of aromatic nitrogens is 4. The van der Waals surface area contributed by atoms with Crippen LogP contribution in [0.1, 0.15) is 50.2 Å². The van der Waals surface area contributed by atoms with Crippen LogP contribution in [0.4, 0.5) is 23.8 Å². The normalized spacial score (nSPS) is 16.5. The van der Waals surface area contributed by atoms with E-state index in [1.54, 1.807) is 20.8 Å². The summed E-state index contributed by atoms with van der Waals surface area (Å²) in [7, 11) is 0. The Balaban J connectivity index is 1.70. The molecule has 3 aromatic heterocycles. The number of amides is 1. The Labute approximate surface area is 197 Å². The predicted octanol–water partition coefficient (Wildman–Crippen LogP) is 4.02. The fraction of sp³-hybridized carbons (Fsp3) is 0.524. The van der Waals surface area contributed by atoms with Gasteiger partial charge in [-0.25, -0.2) is 19.3 Å². The number of hydrogen-bond acceptors (Lipinski definition) is 8. The smallest absolute Gasteiger partial charge is 0.419 e. The van der Waals surface area contributed by atoms with Gasteiger partial charge in [-0.05, 0) is 58.7 Å². The van der Waals surface area contributed by atoms with Crippen LogP contribution in [0.15, 0.2) is 18.5 Å². The number of nitrogens with one attached hydrogen (secondary N) is 2. The van der Waals surface area contributed by atoms with Crippen LogP contribution in [0.25, 0.3) is 16.2 Å². The third kappa shape index (κ3) is 5.25. The monoisotopic (exact) mass is 497 g/mol. The molecule has 4 heterocycles. The largest absolute Gasteiger partial charge is 0.444 e. The number of imidazole rings is 1. The summed E-state index contributed by atoms with van der Waals surface area (Å²) < 4.78 is 46.9. The number of alkyl carbamates (subject to hydrolysis) is 1. The van der Waals surface area contributed by atoms with Gasteiger partial charge in [-0.2, -0.15) is 18.3 Å². The third-order valence-corrected chi connectivity index (χ3v) is 6.42. The highest BCUT2D eigenvalue weighted by atomic mass is 32.1. The van der Waals surface area contributed by atoms with Crippen LogP contribution in [-0.4, -0.2) is 44.4 Å². The van der Waals surface area contributed by atoms with Crippen LogP contribution in [0, 0.1) is 5.92 Å². The molecule has 13 heteroatoms. The zero-order valence-corrected chi connectivity index (χ0v) is 19.8. The van der Waals surface area contributed by atoms with Gasteiger partial charge < -0.3 is 21.1 Å². The lowest BCUT2D eigenvalue weighted by molar-refractivity contribution is -0.137. The molecular formula is C21H26F3N7O2S.